The molecule has 0 aromatic rings. The first-order valence-corrected chi connectivity index (χ1v) is 5.75. The van der Waals surface area contributed by atoms with Gasteiger partial charge in [0.05, 0.1) is 0 Å². The van der Waals surface area contributed by atoms with Crippen molar-refractivity contribution in [3.63, 3.8) is 0 Å². The molecule has 1 aliphatic rings. The molecular formula is C12H21FN2O. The van der Waals surface area contributed by atoms with E-state index in [1.807, 2.05) is 13.8 Å². The Hall–Kier alpha value is -0.900. The Morgan fingerprint density at radius 2 is 1.75 bits per heavy atom. The fourth-order valence-electron chi connectivity index (χ4n) is 2.33. The zero-order valence-corrected chi connectivity index (χ0v) is 10.5. The topological polar surface area (TPSA) is 23.6 Å². The minimum atomic E-state index is -0.864. The van der Waals surface area contributed by atoms with Gasteiger partial charge in [0.15, 0.2) is 5.83 Å². The molecule has 0 N–H and O–H groups in total. The number of nitrogens with zero attached hydrogens (tertiary/aromatic N) is 2. The van der Waals surface area contributed by atoms with E-state index in [2.05, 4.69) is 25.3 Å². The molecule has 0 unspecified atom stereocenters. The van der Waals surface area contributed by atoms with Gasteiger partial charge in [-0.3, -0.25) is 9.69 Å². The number of hydrogen-bond acceptors (Lipinski definition) is 2. The van der Waals surface area contributed by atoms with E-state index in [-0.39, 0.29) is 12.1 Å². The van der Waals surface area contributed by atoms with Crippen molar-refractivity contribution < 1.29 is 9.18 Å². The third-order valence-corrected chi connectivity index (χ3v) is 3.14. The van der Waals surface area contributed by atoms with Crippen molar-refractivity contribution >= 4 is 5.91 Å². The highest BCUT2D eigenvalue weighted by Gasteiger charge is 2.34. The number of carbonyl (C=O) groups is 1. The summed E-state index contributed by atoms with van der Waals surface area (Å²) < 4.78 is 12.9. The lowest BCUT2D eigenvalue weighted by atomic mass is 10.1. The van der Waals surface area contributed by atoms with Crippen molar-refractivity contribution in [2.24, 2.45) is 0 Å². The van der Waals surface area contributed by atoms with Crippen molar-refractivity contribution in [1.82, 2.24) is 9.80 Å². The minimum absolute atomic E-state index is 0.0335. The maximum atomic E-state index is 12.9. The second-order valence-corrected chi connectivity index (χ2v) is 4.86. The van der Waals surface area contributed by atoms with Gasteiger partial charge in [-0.05, 0) is 27.7 Å². The van der Waals surface area contributed by atoms with Gasteiger partial charge in [0, 0.05) is 31.2 Å². The molecule has 1 rings (SSSR count). The molecule has 16 heavy (non-hydrogen) atoms. The third-order valence-electron chi connectivity index (χ3n) is 3.14. The van der Waals surface area contributed by atoms with Gasteiger partial charge in [-0.2, -0.15) is 0 Å². The number of halogens is 1. The van der Waals surface area contributed by atoms with Gasteiger partial charge in [0.2, 0.25) is 0 Å². The van der Waals surface area contributed by atoms with Gasteiger partial charge in [-0.25, -0.2) is 4.39 Å². The first kappa shape index (κ1) is 13.2. The summed E-state index contributed by atoms with van der Waals surface area (Å²) in [4.78, 5) is 15.5. The van der Waals surface area contributed by atoms with Crippen LogP contribution < -0.4 is 0 Å². The monoisotopic (exact) mass is 228 g/mol. The highest BCUT2D eigenvalue weighted by molar-refractivity contribution is 5.91. The van der Waals surface area contributed by atoms with E-state index in [4.69, 9.17) is 0 Å². The predicted octanol–water partition coefficient (Wildman–Crippen LogP) is 1.80. The summed E-state index contributed by atoms with van der Waals surface area (Å²) in [5.74, 6) is -1.43. The van der Waals surface area contributed by atoms with E-state index >= 15 is 0 Å². The normalized spacial score (nSPS) is 27.2. The molecule has 1 aliphatic heterocycles. The molecule has 2 atom stereocenters. The Bertz CT molecular complexity index is 279. The SMILES string of the molecule is C=C(F)C(=O)N1[C@H](C)CN(C(C)C)C[C@@H]1C. The number of piperazine rings is 1. The van der Waals surface area contributed by atoms with Gasteiger partial charge >= 0.3 is 0 Å². The van der Waals surface area contributed by atoms with Crippen LogP contribution in [-0.2, 0) is 4.79 Å². The molecule has 0 aromatic carbocycles. The standard InChI is InChI=1S/C12H21FN2O/c1-8(2)14-6-9(3)15(10(4)7-14)12(16)11(5)13/h8-10H,5-7H2,1-4H3/t9-,10+. The summed E-state index contributed by atoms with van der Waals surface area (Å²) in [5.41, 5.74) is 0. The van der Waals surface area contributed by atoms with Crippen molar-refractivity contribution in [3.05, 3.63) is 12.4 Å². The van der Waals surface area contributed by atoms with E-state index in [1.165, 1.54) is 0 Å². The minimum Gasteiger partial charge on any atom is -0.329 e. The van der Waals surface area contributed by atoms with Gasteiger partial charge in [0.25, 0.3) is 5.91 Å². The molecule has 0 spiro atoms. The first-order valence-electron chi connectivity index (χ1n) is 5.75. The summed E-state index contributed by atoms with van der Waals surface area (Å²) in [6.07, 6.45) is 0. The summed E-state index contributed by atoms with van der Waals surface area (Å²) >= 11 is 0. The van der Waals surface area contributed by atoms with Gasteiger partial charge in [-0.15, -0.1) is 0 Å². The maximum absolute atomic E-state index is 12.9. The number of hydrogen-bond donors (Lipinski definition) is 0. The maximum Gasteiger partial charge on any atom is 0.282 e. The highest BCUT2D eigenvalue weighted by Crippen LogP contribution is 2.19. The van der Waals surface area contributed by atoms with Crippen molar-refractivity contribution in [2.45, 2.75) is 45.8 Å². The van der Waals surface area contributed by atoms with Crippen LogP contribution in [0.4, 0.5) is 4.39 Å². The third kappa shape index (κ3) is 2.61. The Morgan fingerprint density at radius 1 is 1.31 bits per heavy atom. The number of amides is 1. The van der Waals surface area contributed by atoms with Crippen LogP contribution in [0.15, 0.2) is 12.4 Å². The second kappa shape index (κ2) is 4.95. The lowest BCUT2D eigenvalue weighted by Gasteiger charge is -2.45. The average Bonchev–Trinajstić information content (AvgIpc) is 2.15. The van der Waals surface area contributed by atoms with Gasteiger partial charge in [0.1, 0.15) is 0 Å². The molecule has 1 fully saturated rings. The summed E-state index contributed by atoms with van der Waals surface area (Å²) in [6, 6.07) is 0.521. The molecule has 0 saturated carbocycles. The van der Waals surface area contributed by atoms with E-state index in [0.29, 0.717) is 6.04 Å². The molecule has 92 valence electrons. The van der Waals surface area contributed by atoms with E-state index in [9.17, 15) is 9.18 Å². The highest BCUT2D eigenvalue weighted by atomic mass is 19.1. The predicted molar refractivity (Wildman–Crippen MR) is 62.7 cm³/mol. The summed E-state index contributed by atoms with van der Waals surface area (Å²) in [6.45, 7) is 12.8. The molecule has 3 nitrogen and oxygen atoms in total. The Labute approximate surface area is 96.9 Å². The number of rotatable bonds is 2. The van der Waals surface area contributed by atoms with Crippen LogP contribution in [0.1, 0.15) is 27.7 Å². The van der Waals surface area contributed by atoms with Gasteiger partial charge in [-0.1, -0.05) is 6.58 Å². The second-order valence-electron chi connectivity index (χ2n) is 4.86. The molecule has 1 heterocycles. The lowest BCUT2D eigenvalue weighted by molar-refractivity contribution is -0.136. The van der Waals surface area contributed by atoms with Crippen molar-refractivity contribution in [3.8, 4) is 0 Å². The van der Waals surface area contributed by atoms with Crippen LogP contribution >= 0.6 is 0 Å². The molecule has 4 heteroatoms. The lowest BCUT2D eigenvalue weighted by Crippen LogP contribution is -2.59. The van der Waals surface area contributed by atoms with Crippen molar-refractivity contribution in [1.29, 1.82) is 0 Å². The number of carbonyl (C=O) groups excluding carboxylic acids is 1. The summed E-state index contributed by atoms with van der Waals surface area (Å²) in [7, 11) is 0. The quantitative estimate of drug-likeness (QED) is 0.673. The zero-order chi connectivity index (χ0) is 12.5. The fraction of sp³-hybridized carbons (Fsp3) is 0.750. The first-order chi connectivity index (χ1) is 7.34. The molecule has 1 saturated heterocycles. The molecule has 0 bridgehead atoms. The average molecular weight is 228 g/mol. The zero-order valence-electron chi connectivity index (χ0n) is 10.5. The summed E-state index contributed by atoms with van der Waals surface area (Å²) in [5, 5.41) is 0. The van der Waals surface area contributed by atoms with Crippen LogP contribution in [0.3, 0.4) is 0 Å². The Kier molecular flexibility index (Phi) is 4.08. The van der Waals surface area contributed by atoms with Crippen LogP contribution in [-0.4, -0.2) is 46.9 Å². The molecular weight excluding hydrogens is 207 g/mol. The van der Waals surface area contributed by atoms with Crippen LogP contribution in [0.2, 0.25) is 0 Å². The van der Waals surface area contributed by atoms with Crippen LogP contribution in [0, 0.1) is 0 Å². The fourth-order valence-corrected chi connectivity index (χ4v) is 2.33. The van der Waals surface area contributed by atoms with Crippen LogP contribution in [0.25, 0.3) is 0 Å². The Balaban J connectivity index is 2.76. The van der Waals surface area contributed by atoms with E-state index in [1.54, 1.807) is 4.90 Å². The van der Waals surface area contributed by atoms with Crippen molar-refractivity contribution in [2.75, 3.05) is 13.1 Å². The van der Waals surface area contributed by atoms with Crippen LogP contribution in [0.5, 0.6) is 0 Å². The Morgan fingerprint density at radius 3 is 2.06 bits per heavy atom. The van der Waals surface area contributed by atoms with E-state index < -0.39 is 11.7 Å². The molecule has 0 aliphatic carbocycles. The largest absolute Gasteiger partial charge is 0.329 e. The smallest absolute Gasteiger partial charge is 0.282 e. The molecule has 0 aromatic heterocycles. The van der Waals surface area contributed by atoms with Gasteiger partial charge < -0.3 is 4.90 Å². The molecule has 1 amide bonds. The molecule has 0 radical (unpaired) electrons. The van der Waals surface area contributed by atoms with E-state index in [0.717, 1.165) is 13.1 Å².